The summed E-state index contributed by atoms with van der Waals surface area (Å²) in [5, 5.41) is 53.2. The molecule has 176 valence electrons. The SMILES string of the molecule is CC(=O)N[C@H]1[C@H]([C@H](O)[C@H](O)CO)O[C@](Oc2c[nH]c3ccc(Br)c(Cl)c23)(C(=O)O)C[C@@H]1O. The summed E-state index contributed by atoms with van der Waals surface area (Å²) in [6, 6.07) is 2.07. The van der Waals surface area contributed by atoms with Gasteiger partial charge in [-0.2, -0.15) is 0 Å². The molecule has 1 saturated heterocycles. The third-order valence-electron chi connectivity index (χ3n) is 5.16. The molecular formula is C19H22BrClN2O9. The normalized spacial score (nSPS) is 27.7. The van der Waals surface area contributed by atoms with E-state index in [4.69, 9.17) is 21.1 Å². The molecule has 11 nitrogen and oxygen atoms in total. The first-order chi connectivity index (χ1) is 15.0. The summed E-state index contributed by atoms with van der Waals surface area (Å²) >= 11 is 9.61. The van der Waals surface area contributed by atoms with Crippen LogP contribution in [0.15, 0.2) is 22.8 Å². The summed E-state index contributed by atoms with van der Waals surface area (Å²) in [5.74, 6) is -4.75. The van der Waals surface area contributed by atoms with Gasteiger partial charge in [-0.1, -0.05) is 11.6 Å². The lowest BCUT2D eigenvalue weighted by Gasteiger charge is -2.46. The highest BCUT2D eigenvalue weighted by molar-refractivity contribution is 9.10. The second-order valence-corrected chi connectivity index (χ2v) is 8.65. The topological polar surface area (TPSA) is 182 Å². The van der Waals surface area contributed by atoms with E-state index >= 15 is 0 Å². The molecule has 1 fully saturated rings. The maximum Gasteiger partial charge on any atom is 0.377 e. The van der Waals surface area contributed by atoms with Crippen LogP contribution in [-0.4, -0.2) is 85.2 Å². The fourth-order valence-electron chi connectivity index (χ4n) is 3.62. The van der Waals surface area contributed by atoms with Crippen LogP contribution in [-0.2, 0) is 14.3 Å². The number of aliphatic hydroxyl groups excluding tert-OH is 4. The average molecular weight is 538 g/mol. The summed E-state index contributed by atoms with van der Waals surface area (Å²) < 4.78 is 11.9. The van der Waals surface area contributed by atoms with Gasteiger partial charge >= 0.3 is 11.8 Å². The highest BCUT2D eigenvalue weighted by Crippen LogP contribution is 2.41. The minimum atomic E-state index is -2.52. The van der Waals surface area contributed by atoms with Gasteiger partial charge in [-0.25, -0.2) is 4.79 Å². The van der Waals surface area contributed by atoms with E-state index in [2.05, 4.69) is 26.2 Å². The second kappa shape index (κ2) is 9.51. The van der Waals surface area contributed by atoms with Gasteiger partial charge in [0.2, 0.25) is 5.91 Å². The number of aromatic amines is 1. The molecule has 13 heteroatoms. The molecule has 0 aliphatic carbocycles. The first kappa shape index (κ1) is 24.7. The van der Waals surface area contributed by atoms with Crippen molar-refractivity contribution in [1.29, 1.82) is 0 Å². The number of nitrogens with one attached hydrogen (secondary N) is 2. The fraction of sp³-hybridized carbons (Fsp3) is 0.474. The van der Waals surface area contributed by atoms with E-state index in [9.17, 15) is 35.1 Å². The molecule has 3 rings (SSSR count). The van der Waals surface area contributed by atoms with Crippen LogP contribution < -0.4 is 10.1 Å². The number of H-pyrrole nitrogens is 1. The van der Waals surface area contributed by atoms with Crippen LogP contribution in [0.4, 0.5) is 0 Å². The van der Waals surface area contributed by atoms with Crippen LogP contribution in [0.2, 0.25) is 5.02 Å². The van der Waals surface area contributed by atoms with Crippen LogP contribution in [0.5, 0.6) is 5.75 Å². The first-order valence-electron chi connectivity index (χ1n) is 9.48. The largest absolute Gasteiger partial charge is 0.476 e. The minimum Gasteiger partial charge on any atom is -0.476 e. The van der Waals surface area contributed by atoms with E-state index in [-0.39, 0.29) is 10.8 Å². The molecule has 1 aromatic carbocycles. The second-order valence-electron chi connectivity index (χ2n) is 7.42. The van der Waals surface area contributed by atoms with E-state index in [1.165, 1.54) is 6.20 Å². The maximum atomic E-state index is 12.3. The lowest BCUT2D eigenvalue weighted by Crippen LogP contribution is -2.68. The van der Waals surface area contributed by atoms with Crippen molar-refractivity contribution < 1.29 is 44.6 Å². The number of aliphatic hydroxyl groups is 4. The average Bonchev–Trinajstić information content (AvgIpc) is 3.14. The number of carboxylic acid groups (broad SMARTS) is 1. The molecule has 0 bridgehead atoms. The number of carbonyl (C=O) groups excluding carboxylic acids is 1. The maximum absolute atomic E-state index is 12.3. The van der Waals surface area contributed by atoms with Gasteiger partial charge < -0.3 is 45.3 Å². The van der Waals surface area contributed by atoms with Crippen LogP contribution >= 0.6 is 27.5 Å². The third kappa shape index (κ3) is 4.57. The van der Waals surface area contributed by atoms with Gasteiger partial charge in [-0.05, 0) is 28.1 Å². The number of rotatable bonds is 7. The molecule has 2 heterocycles. The number of hydrogen-bond donors (Lipinski definition) is 7. The summed E-state index contributed by atoms with van der Waals surface area (Å²) in [7, 11) is 0. The Labute approximate surface area is 195 Å². The molecule has 0 spiro atoms. The summed E-state index contributed by atoms with van der Waals surface area (Å²) in [4.78, 5) is 26.8. The van der Waals surface area contributed by atoms with Crippen LogP contribution in [0.1, 0.15) is 13.3 Å². The van der Waals surface area contributed by atoms with Crippen molar-refractivity contribution in [3.05, 3.63) is 27.8 Å². The van der Waals surface area contributed by atoms with Crippen molar-refractivity contribution in [2.24, 2.45) is 0 Å². The number of fused-ring (bicyclic) bond motifs is 1. The molecule has 1 aliphatic heterocycles. The monoisotopic (exact) mass is 536 g/mol. The first-order valence-corrected chi connectivity index (χ1v) is 10.6. The van der Waals surface area contributed by atoms with Gasteiger partial charge in [-0.15, -0.1) is 0 Å². The van der Waals surface area contributed by atoms with Crippen LogP contribution in [0.3, 0.4) is 0 Å². The van der Waals surface area contributed by atoms with Gasteiger partial charge in [0.1, 0.15) is 18.3 Å². The zero-order valence-corrected chi connectivity index (χ0v) is 19.0. The Hall–Kier alpha value is -1.93. The quantitative estimate of drug-likeness (QED) is 0.258. The van der Waals surface area contributed by atoms with Crippen molar-refractivity contribution >= 4 is 50.3 Å². The summed E-state index contributed by atoms with van der Waals surface area (Å²) in [6.07, 6.45) is -6.09. The van der Waals surface area contributed by atoms with Gasteiger partial charge in [0, 0.05) is 17.6 Å². The Morgan fingerprint density at radius 1 is 1.44 bits per heavy atom. The van der Waals surface area contributed by atoms with E-state index in [0.29, 0.717) is 15.4 Å². The Morgan fingerprint density at radius 3 is 2.72 bits per heavy atom. The molecule has 6 atom stereocenters. The van der Waals surface area contributed by atoms with E-state index < -0.39 is 61.1 Å². The van der Waals surface area contributed by atoms with E-state index in [1.807, 2.05) is 0 Å². The number of hydrogen-bond acceptors (Lipinski definition) is 8. The van der Waals surface area contributed by atoms with E-state index in [0.717, 1.165) is 6.92 Å². The van der Waals surface area contributed by atoms with E-state index in [1.54, 1.807) is 12.1 Å². The number of halogens is 2. The zero-order chi connectivity index (χ0) is 23.8. The van der Waals surface area contributed by atoms with Crippen molar-refractivity contribution in [3.63, 3.8) is 0 Å². The third-order valence-corrected chi connectivity index (χ3v) is 6.44. The lowest BCUT2D eigenvalue weighted by atomic mass is 9.88. The van der Waals surface area contributed by atoms with Gasteiger partial charge in [0.05, 0.1) is 41.1 Å². The summed E-state index contributed by atoms with van der Waals surface area (Å²) in [6.45, 7) is 0.275. The lowest BCUT2D eigenvalue weighted by molar-refractivity contribution is -0.284. The molecule has 1 aromatic heterocycles. The summed E-state index contributed by atoms with van der Waals surface area (Å²) in [5.41, 5.74) is 0.536. The molecule has 0 unspecified atom stereocenters. The number of aromatic nitrogens is 1. The standard InChI is InChI=1S/C19H22BrClN2O9/c1-7(25)23-15-10(26)4-19(18(29)30,32-17(15)16(28)11(27)6-24)31-12-5-22-9-3-2-8(20)14(21)13(9)12/h2-3,5,10-11,15-17,22,24,26-28H,4,6H2,1H3,(H,23,25)(H,29,30)/t10-,11+,15+,16+,17+,19-/m0/s1. The van der Waals surface area contributed by atoms with Crippen molar-refractivity contribution in [1.82, 2.24) is 10.3 Å². The van der Waals surface area contributed by atoms with Crippen molar-refractivity contribution in [3.8, 4) is 5.75 Å². The van der Waals surface area contributed by atoms with Crippen molar-refractivity contribution in [2.75, 3.05) is 6.61 Å². The Kier molecular flexibility index (Phi) is 7.34. The number of carbonyl (C=O) groups is 2. The van der Waals surface area contributed by atoms with Crippen LogP contribution in [0, 0.1) is 0 Å². The molecule has 0 saturated carbocycles. The number of aliphatic carboxylic acids is 1. The smallest absolute Gasteiger partial charge is 0.377 e. The fourth-order valence-corrected chi connectivity index (χ4v) is 4.21. The highest BCUT2D eigenvalue weighted by atomic mass is 79.9. The highest BCUT2D eigenvalue weighted by Gasteiger charge is 2.57. The molecule has 1 amide bonds. The van der Waals surface area contributed by atoms with Crippen LogP contribution in [0.25, 0.3) is 10.9 Å². The predicted octanol–water partition coefficient (Wildman–Crippen LogP) is 0.112. The number of ether oxygens (including phenoxy) is 2. The van der Waals surface area contributed by atoms with Gasteiger partial charge in [0.15, 0.2) is 5.75 Å². The zero-order valence-electron chi connectivity index (χ0n) is 16.7. The number of benzene rings is 1. The molecule has 0 radical (unpaired) electrons. The Balaban J connectivity index is 2.05. The van der Waals surface area contributed by atoms with Gasteiger partial charge in [-0.3, -0.25) is 4.79 Å². The molecular weight excluding hydrogens is 516 g/mol. The Bertz CT molecular complexity index is 1020. The Morgan fingerprint density at radius 2 is 2.12 bits per heavy atom. The molecule has 7 N–H and O–H groups in total. The molecule has 32 heavy (non-hydrogen) atoms. The minimum absolute atomic E-state index is 0.00479. The molecule has 1 aliphatic rings. The van der Waals surface area contributed by atoms with Gasteiger partial charge in [0.25, 0.3) is 0 Å². The predicted molar refractivity (Wildman–Crippen MR) is 114 cm³/mol. The number of carboxylic acids is 1. The van der Waals surface area contributed by atoms with Crippen molar-refractivity contribution in [2.45, 2.75) is 49.6 Å². The number of amides is 1. The molecule has 2 aromatic rings.